The Kier molecular flexibility index (Phi) is 7.00. The Hall–Kier alpha value is -2.90. The van der Waals surface area contributed by atoms with Crippen LogP contribution in [0.5, 0.6) is 0 Å². The Bertz CT molecular complexity index is 783. The maximum Gasteiger partial charge on any atom is 0.338 e. The van der Waals surface area contributed by atoms with Gasteiger partial charge in [0.15, 0.2) is 6.61 Å². The highest BCUT2D eigenvalue weighted by Crippen LogP contribution is 2.19. The highest BCUT2D eigenvalue weighted by atomic mass is 16.5. The van der Waals surface area contributed by atoms with Gasteiger partial charge in [0.05, 0.1) is 25.4 Å². The number of amides is 1. The molecule has 1 heterocycles. The van der Waals surface area contributed by atoms with Crippen molar-refractivity contribution in [1.82, 2.24) is 0 Å². The molecule has 1 aliphatic rings. The molecule has 0 aromatic heterocycles. The van der Waals surface area contributed by atoms with Gasteiger partial charge in [0.2, 0.25) is 0 Å². The highest BCUT2D eigenvalue weighted by molar-refractivity contribution is 5.95. The van der Waals surface area contributed by atoms with E-state index in [1.54, 1.807) is 31.4 Å². The molecule has 0 bridgehead atoms. The molecule has 1 amide bonds. The van der Waals surface area contributed by atoms with Crippen molar-refractivity contribution in [3.05, 3.63) is 59.7 Å². The van der Waals surface area contributed by atoms with E-state index in [2.05, 4.69) is 10.2 Å². The first-order valence-electron chi connectivity index (χ1n) is 9.13. The molecule has 0 saturated carbocycles. The minimum Gasteiger partial charge on any atom is -0.452 e. The number of carbonyl (C=O) groups is 2. The number of anilines is 2. The fraction of sp³-hybridized carbons (Fsp3) is 0.333. The molecule has 0 atom stereocenters. The largest absolute Gasteiger partial charge is 0.452 e. The van der Waals surface area contributed by atoms with Crippen LogP contribution in [0.1, 0.15) is 15.9 Å². The van der Waals surface area contributed by atoms with Gasteiger partial charge in [-0.3, -0.25) is 4.79 Å². The van der Waals surface area contributed by atoms with Gasteiger partial charge in [0, 0.05) is 31.6 Å². The van der Waals surface area contributed by atoms with Crippen molar-refractivity contribution in [2.75, 3.05) is 50.2 Å². The maximum absolute atomic E-state index is 12.0. The molecule has 2 aromatic rings. The Morgan fingerprint density at radius 1 is 1.04 bits per heavy atom. The second kappa shape index (κ2) is 9.87. The minimum absolute atomic E-state index is 0.343. The number of rotatable bonds is 7. The Morgan fingerprint density at radius 3 is 2.36 bits per heavy atom. The molecule has 3 rings (SSSR count). The number of ether oxygens (including phenoxy) is 3. The second-order valence-corrected chi connectivity index (χ2v) is 6.40. The molecule has 148 valence electrons. The number of methoxy groups -OCH3 is 1. The zero-order valence-electron chi connectivity index (χ0n) is 15.8. The molecule has 2 aromatic carbocycles. The zero-order chi connectivity index (χ0) is 19.8. The Labute approximate surface area is 164 Å². The number of hydrogen-bond acceptors (Lipinski definition) is 6. The van der Waals surface area contributed by atoms with Crippen LogP contribution in [-0.2, 0) is 25.6 Å². The number of hydrogen-bond donors (Lipinski definition) is 1. The first-order chi connectivity index (χ1) is 13.7. The van der Waals surface area contributed by atoms with E-state index < -0.39 is 5.97 Å². The lowest BCUT2D eigenvalue weighted by molar-refractivity contribution is -0.119. The number of nitrogens with one attached hydrogen (secondary N) is 1. The Balaban J connectivity index is 1.46. The average Bonchev–Trinajstić information content (AvgIpc) is 2.74. The molecule has 1 N–H and O–H groups in total. The summed E-state index contributed by atoms with van der Waals surface area (Å²) >= 11 is 0. The van der Waals surface area contributed by atoms with Gasteiger partial charge >= 0.3 is 5.97 Å². The van der Waals surface area contributed by atoms with E-state index in [1.165, 1.54) is 0 Å². The molecule has 7 heteroatoms. The van der Waals surface area contributed by atoms with E-state index in [0.29, 0.717) is 17.9 Å². The van der Waals surface area contributed by atoms with Gasteiger partial charge in [-0.25, -0.2) is 4.79 Å². The third kappa shape index (κ3) is 5.55. The number of esters is 1. The molecular weight excluding hydrogens is 360 g/mol. The predicted octanol–water partition coefficient (Wildman–Crippen LogP) is 2.47. The predicted molar refractivity (Wildman–Crippen MR) is 106 cm³/mol. The molecule has 1 aliphatic heterocycles. The van der Waals surface area contributed by atoms with E-state index >= 15 is 0 Å². The fourth-order valence-corrected chi connectivity index (χ4v) is 2.89. The summed E-state index contributed by atoms with van der Waals surface area (Å²) in [5, 5.41) is 2.73. The zero-order valence-corrected chi connectivity index (χ0v) is 15.8. The summed E-state index contributed by atoms with van der Waals surface area (Å²) < 4.78 is 15.5. The van der Waals surface area contributed by atoms with Crippen molar-refractivity contribution in [2.45, 2.75) is 6.61 Å². The van der Waals surface area contributed by atoms with Crippen molar-refractivity contribution >= 4 is 23.3 Å². The molecule has 0 aliphatic carbocycles. The van der Waals surface area contributed by atoms with Gasteiger partial charge in [-0.15, -0.1) is 0 Å². The smallest absolute Gasteiger partial charge is 0.338 e. The third-order valence-corrected chi connectivity index (χ3v) is 4.36. The quantitative estimate of drug-likeness (QED) is 0.739. The number of morpholine rings is 1. The van der Waals surface area contributed by atoms with Gasteiger partial charge in [0.25, 0.3) is 5.91 Å². The molecular formula is C21H24N2O5. The summed E-state index contributed by atoms with van der Waals surface area (Å²) in [7, 11) is 1.61. The van der Waals surface area contributed by atoms with Crippen LogP contribution in [0.3, 0.4) is 0 Å². The topological polar surface area (TPSA) is 77.1 Å². The molecule has 0 spiro atoms. The van der Waals surface area contributed by atoms with E-state index in [1.807, 2.05) is 24.3 Å². The van der Waals surface area contributed by atoms with Gasteiger partial charge in [0.1, 0.15) is 0 Å². The third-order valence-electron chi connectivity index (χ3n) is 4.36. The first kappa shape index (κ1) is 19.9. The maximum atomic E-state index is 12.0. The van der Waals surface area contributed by atoms with Crippen molar-refractivity contribution in [3.63, 3.8) is 0 Å². The van der Waals surface area contributed by atoms with Crippen LogP contribution in [0.4, 0.5) is 11.4 Å². The summed E-state index contributed by atoms with van der Waals surface area (Å²) in [5.41, 5.74) is 3.09. The van der Waals surface area contributed by atoms with E-state index in [-0.39, 0.29) is 12.5 Å². The van der Waals surface area contributed by atoms with E-state index in [9.17, 15) is 9.59 Å². The lowest BCUT2D eigenvalue weighted by atomic mass is 10.1. The van der Waals surface area contributed by atoms with Crippen LogP contribution in [0.25, 0.3) is 0 Å². The second-order valence-electron chi connectivity index (χ2n) is 6.40. The monoisotopic (exact) mass is 384 g/mol. The summed E-state index contributed by atoms with van der Waals surface area (Å²) in [6.07, 6.45) is 0. The number of carbonyl (C=O) groups excluding carboxylic acids is 2. The van der Waals surface area contributed by atoms with Crippen molar-refractivity contribution in [2.24, 2.45) is 0 Å². The molecule has 1 saturated heterocycles. The summed E-state index contributed by atoms with van der Waals surface area (Å²) in [5.74, 6) is -0.926. The van der Waals surface area contributed by atoms with Crippen LogP contribution in [0, 0.1) is 0 Å². The molecule has 1 fully saturated rings. The normalized spacial score (nSPS) is 13.8. The highest BCUT2D eigenvalue weighted by Gasteiger charge is 2.12. The standard InChI is InChI=1S/C21H24N2O5/c1-26-14-16-2-4-17(5-3-16)21(25)28-15-20(24)22-18-6-8-19(9-7-18)23-10-12-27-13-11-23/h2-9H,10-15H2,1H3,(H,22,24). The van der Waals surface area contributed by atoms with Crippen LogP contribution in [0.2, 0.25) is 0 Å². The van der Waals surface area contributed by atoms with Crippen LogP contribution >= 0.6 is 0 Å². The van der Waals surface area contributed by atoms with Crippen molar-refractivity contribution in [1.29, 1.82) is 0 Å². The van der Waals surface area contributed by atoms with Gasteiger partial charge in [-0.2, -0.15) is 0 Å². The lowest BCUT2D eigenvalue weighted by Gasteiger charge is -2.28. The van der Waals surface area contributed by atoms with Gasteiger partial charge < -0.3 is 24.4 Å². The SMILES string of the molecule is COCc1ccc(C(=O)OCC(=O)Nc2ccc(N3CCOCC3)cc2)cc1. The summed E-state index contributed by atoms with van der Waals surface area (Å²) in [6, 6.07) is 14.4. The van der Waals surface area contributed by atoms with Crippen molar-refractivity contribution < 1.29 is 23.8 Å². The van der Waals surface area contributed by atoms with Gasteiger partial charge in [-0.1, -0.05) is 12.1 Å². The van der Waals surface area contributed by atoms with E-state index in [0.717, 1.165) is 37.6 Å². The first-order valence-corrected chi connectivity index (χ1v) is 9.13. The fourth-order valence-electron chi connectivity index (χ4n) is 2.89. The van der Waals surface area contributed by atoms with Crippen LogP contribution < -0.4 is 10.2 Å². The van der Waals surface area contributed by atoms with Crippen molar-refractivity contribution in [3.8, 4) is 0 Å². The molecule has 0 unspecified atom stereocenters. The average molecular weight is 384 g/mol. The molecule has 7 nitrogen and oxygen atoms in total. The summed E-state index contributed by atoms with van der Waals surface area (Å²) in [6.45, 7) is 3.28. The van der Waals surface area contributed by atoms with Gasteiger partial charge in [-0.05, 0) is 42.0 Å². The Morgan fingerprint density at radius 2 is 1.71 bits per heavy atom. The van der Waals surface area contributed by atoms with Crippen LogP contribution in [-0.4, -0.2) is 51.9 Å². The lowest BCUT2D eigenvalue weighted by Crippen LogP contribution is -2.36. The number of nitrogens with zero attached hydrogens (tertiary/aromatic N) is 1. The summed E-state index contributed by atoms with van der Waals surface area (Å²) in [4.78, 5) is 26.3. The van der Waals surface area contributed by atoms with Crippen LogP contribution in [0.15, 0.2) is 48.5 Å². The number of benzene rings is 2. The van der Waals surface area contributed by atoms with E-state index in [4.69, 9.17) is 14.2 Å². The molecule has 0 radical (unpaired) electrons. The molecule has 28 heavy (non-hydrogen) atoms. The minimum atomic E-state index is -0.540.